The lowest BCUT2D eigenvalue weighted by Gasteiger charge is -1.93. The second-order valence-electron chi connectivity index (χ2n) is 1.79. The van der Waals surface area contributed by atoms with E-state index in [4.69, 9.17) is 0 Å². The van der Waals surface area contributed by atoms with Crippen molar-refractivity contribution in [3.05, 3.63) is 22.0 Å². The summed E-state index contributed by atoms with van der Waals surface area (Å²) in [6, 6.07) is 0. The van der Waals surface area contributed by atoms with Gasteiger partial charge in [-0.2, -0.15) is 4.39 Å². The molecule has 0 spiro atoms. The van der Waals surface area contributed by atoms with Crippen molar-refractivity contribution in [2.75, 3.05) is 0 Å². The van der Waals surface area contributed by atoms with Crippen molar-refractivity contribution in [3.63, 3.8) is 0 Å². The molecule has 5 heteroatoms. The molecular formula is C5H5FN2OS. The fourth-order valence-corrected chi connectivity index (χ4v) is 0.808. The molecule has 1 heterocycles. The number of hydrogen-bond acceptors (Lipinski definition) is 3. The predicted octanol–water partition coefficient (Wildman–Crippen LogP) is 0.506. The Hall–Kier alpha value is -0.840. The molecule has 1 N–H and O–H groups in total. The van der Waals surface area contributed by atoms with Gasteiger partial charge in [-0.15, -0.1) is 12.6 Å². The van der Waals surface area contributed by atoms with Gasteiger partial charge in [-0.3, -0.25) is 4.79 Å². The van der Waals surface area contributed by atoms with Gasteiger partial charge in [-0.05, 0) is 6.92 Å². The minimum absolute atomic E-state index is 0.166. The van der Waals surface area contributed by atoms with Crippen LogP contribution in [-0.4, -0.2) is 9.97 Å². The molecule has 0 bridgehead atoms. The molecule has 1 rings (SSSR count). The topological polar surface area (TPSA) is 45.8 Å². The van der Waals surface area contributed by atoms with Gasteiger partial charge in [0.15, 0.2) is 0 Å². The van der Waals surface area contributed by atoms with E-state index in [1.807, 2.05) is 0 Å². The standard InChI is InChI=1S/C5H5FN2OS/c1-2-7-4(9)3(6)5(10)8-2/h1H3,(H2,7,8,9,10). The van der Waals surface area contributed by atoms with Crippen LogP contribution in [0, 0.1) is 12.7 Å². The normalized spacial score (nSPS) is 9.90. The van der Waals surface area contributed by atoms with Gasteiger partial charge in [0.05, 0.1) is 0 Å². The Balaban J connectivity index is 3.46. The van der Waals surface area contributed by atoms with Crippen LogP contribution in [-0.2, 0) is 0 Å². The molecule has 0 atom stereocenters. The highest BCUT2D eigenvalue weighted by atomic mass is 32.1. The van der Waals surface area contributed by atoms with E-state index in [0.29, 0.717) is 5.82 Å². The summed E-state index contributed by atoms with van der Waals surface area (Å²) in [5, 5.41) is -0.166. The number of hydrogen-bond donors (Lipinski definition) is 2. The Bertz CT molecular complexity index is 309. The molecule has 0 aliphatic heterocycles. The zero-order valence-corrected chi connectivity index (χ0v) is 6.08. The third-order valence-corrected chi connectivity index (χ3v) is 1.26. The quantitative estimate of drug-likeness (QED) is 0.429. The molecule has 0 radical (unpaired) electrons. The smallest absolute Gasteiger partial charge is 0.288 e. The van der Waals surface area contributed by atoms with Crippen LogP contribution in [0.5, 0.6) is 0 Å². The Morgan fingerprint density at radius 3 is 2.80 bits per heavy atom. The average molecular weight is 160 g/mol. The summed E-state index contributed by atoms with van der Waals surface area (Å²) in [5.74, 6) is -0.578. The van der Waals surface area contributed by atoms with E-state index in [-0.39, 0.29) is 5.03 Å². The molecule has 54 valence electrons. The lowest BCUT2D eigenvalue weighted by Crippen LogP contribution is -2.14. The summed E-state index contributed by atoms with van der Waals surface area (Å²) in [6.45, 7) is 1.56. The lowest BCUT2D eigenvalue weighted by molar-refractivity contribution is 0.562. The van der Waals surface area contributed by atoms with E-state index in [1.165, 1.54) is 0 Å². The minimum Gasteiger partial charge on any atom is -0.308 e. The number of nitrogens with one attached hydrogen (secondary N) is 1. The van der Waals surface area contributed by atoms with Crippen LogP contribution in [0.15, 0.2) is 9.82 Å². The predicted molar refractivity (Wildman–Crippen MR) is 36.8 cm³/mol. The van der Waals surface area contributed by atoms with E-state index in [9.17, 15) is 9.18 Å². The van der Waals surface area contributed by atoms with Gasteiger partial charge in [-0.25, -0.2) is 4.98 Å². The van der Waals surface area contributed by atoms with E-state index in [2.05, 4.69) is 22.6 Å². The van der Waals surface area contributed by atoms with Crippen molar-refractivity contribution >= 4 is 12.6 Å². The molecule has 1 aromatic heterocycles. The summed E-state index contributed by atoms with van der Waals surface area (Å²) < 4.78 is 12.4. The first-order chi connectivity index (χ1) is 4.61. The van der Waals surface area contributed by atoms with Gasteiger partial charge < -0.3 is 4.98 Å². The molecule has 0 aliphatic carbocycles. The molecule has 0 saturated carbocycles. The first kappa shape index (κ1) is 7.27. The molecule has 3 nitrogen and oxygen atoms in total. The van der Waals surface area contributed by atoms with Crippen LogP contribution in [0.25, 0.3) is 0 Å². The minimum atomic E-state index is -0.936. The number of aromatic amines is 1. The second kappa shape index (κ2) is 2.42. The van der Waals surface area contributed by atoms with Gasteiger partial charge >= 0.3 is 0 Å². The fraction of sp³-hybridized carbons (Fsp3) is 0.200. The summed E-state index contributed by atoms with van der Waals surface area (Å²) in [5.41, 5.74) is -0.780. The summed E-state index contributed by atoms with van der Waals surface area (Å²) in [6.07, 6.45) is 0. The van der Waals surface area contributed by atoms with Crippen LogP contribution in [0.3, 0.4) is 0 Å². The van der Waals surface area contributed by atoms with Crippen molar-refractivity contribution in [2.45, 2.75) is 11.9 Å². The lowest BCUT2D eigenvalue weighted by atomic mass is 10.6. The number of aromatic nitrogens is 2. The molecule has 0 unspecified atom stereocenters. The van der Waals surface area contributed by atoms with Gasteiger partial charge in [0.1, 0.15) is 10.9 Å². The van der Waals surface area contributed by atoms with Crippen LogP contribution in [0.2, 0.25) is 0 Å². The Kier molecular flexibility index (Phi) is 1.76. The zero-order valence-electron chi connectivity index (χ0n) is 5.18. The zero-order chi connectivity index (χ0) is 7.72. The second-order valence-corrected chi connectivity index (χ2v) is 2.21. The first-order valence-corrected chi connectivity index (χ1v) is 3.01. The highest BCUT2D eigenvalue weighted by molar-refractivity contribution is 7.80. The molecule has 10 heavy (non-hydrogen) atoms. The molecule has 0 aromatic carbocycles. The average Bonchev–Trinajstić information content (AvgIpc) is 1.82. The highest BCUT2D eigenvalue weighted by Gasteiger charge is 2.03. The maximum Gasteiger partial charge on any atom is 0.288 e. The Morgan fingerprint density at radius 1 is 1.70 bits per heavy atom. The Morgan fingerprint density at radius 2 is 2.30 bits per heavy atom. The van der Waals surface area contributed by atoms with E-state index in [0.717, 1.165) is 0 Å². The Labute approximate surface area is 61.7 Å². The van der Waals surface area contributed by atoms with E-state index in [1.54, 1.807) is 6.92 Å². The van der Waals surface area contributed by atoms with Gasteiger partial charge in [-0.1, -0.05) is 0 Å². The van der Waals surface area contributed by atoms with E-state index < -0.39 is 11.4 Å². The third-order valence-electron chi connectivity index (χ3n) is 0.964. The van der Waals surface area contributed by atoms with Gasteiger partial charge in [0.25, 0.3) is 5.56 Å². The number of nitrogens with zero attached hydrogens (tertiary/aromatic N) is 1. The van der Waals surface area contributed by atoms with Crippen molar-refractivity contribution in [1.29, 1.82) is 0 Å². The maximum absolute atomic E-state index is 12.4. The van der Waals surface area contributed by atoms with E-state index >= 15 is 0 Å². The van der Waals surface area contributed by atoms with Crippen LogP contribution in [0.1, 0.15) is 5.82 Å². The molecule has 0 amide bonds. The number of rotatable bonds is 0. The third kappa shape index (κ3) is 1.18. The number of thiol groups is 1. The van der Waals surface area contributed by atoms with Crippen molar-refractivity contribution in [2.24, 2.45) is 0 Å². The SMILES string of the molecule is Cc1nc(S)c(F)c(=O)[nH]1. The summed E-state index contributed by atoms with van der Waals surface area (Å²) in [4.78, 5) is 16.3. The van der Waals surface area contributed by atoms with Crippen molar-refractivity contribution in [1.82, 2.24) is 9.97 Å². The van der Waals surface area contributed by atoms with Crippen LogP contribution in [0.4, 0.5) is 4.39 Å². The molecule has 0 aliphatic rings. The number of halogens is 1. The molecule has 1 aromatic rings. The molecule has 0 saturated heterocycles. The monoisotopic (exact) mass is 160 g/mol. The first-order valence-electron chi connectivity index (χ1n) is 2.56. The highest BCUT2D eigenvalue weighted by Crippen LogP contribution is 2.01. The van der Waals surface area contributed by atoms with Crippen LogP contribution < -0.4 is 5.56 Å². The largest absolute Gasteiger partial charge is 0.308 e. The van der Waals surface area contributed by atoms with Gasteiger partial charge in [0, 0.05) is 0 Å². The molecular weight excluding hydrogens is 155 g/mol. The fourth-order valence-electron chi connectivity index (χ4n) is 0.557. The number of H-pyrrole nitrogens is 1. The summed E-state index contributed by atoms with van der Waals surface area (Å²) >= 11 is 3.63. The van der Waals surface area contributed by atoms with Gasteiger partial charge in [0.2, 0.25) is 5.82 Å². The maximum atomic E-state index is 12.4. The number of aryl methyl sites for hydroxylation is 1. The molecule has 0 fully saturated rings. The van der Waals surface area contributed by atoms with Crippen molar-refractivity contribution < 1.29 is 4.39 Å². The van der Waals surface area contributed by atoms with Crippen molar-refractivity contribution in [3.8, 4) is 0 Å². The van der Waals surface area contributed by atoms with Crippen LogP contribution >= 0.6 is 12.6 Å². The summed E-state index contributed by atoms with van der Waals surface area (Å²) in [7, 11) is 0.